The van der Waals surface area contributed by atoms with Crippen LogP contribution in [0.3, 0.4) is 0 Å². The predicted octanol–water partition coefficient (Wildman–Crippen LogP) is 2.88. The first-order chi connectivity index (χ1) is 18.0. The smallest absolute Gasteiger partial charge is 0.329 e. The lowest BCUT2D eigenvalue weighted by Gasteiger charge is -2.13. The molecule has 0 heterocycles. The lowest BCUT2D eigenvalue weighted by Crippen LogP contribution is -2.37. The predicted molar refractivity (Wildman–Crippen MR) is 139 cm³/mol. The quantitative estimate of drug-likeness (QED) is 0.209. The molecular formula is C27H28N4O6. The van der Waals surface area contributed by atoms with Gasteiger partial charge in [0, 0.05) is 12.2 Å². The van der Waals surface area contributed by atoms with Crippen LogP contribution in [0.1, 0.15) is 18.1 Å². The Labute approximate surface area is 214 Å². The van der Waals surface area contributed by atoms with E-state index in [0.29, 0.717) is 35.1 Å². The van der Waals surface area contributed by atoms with Crippen molar-refractivity contribution in [1.29, 1.82) is 0 Å². The van der Waals surface area contributed by atoms with Crippen molar-refractivity contribution in [3.8, 4) is 17.2 Å². The summed E-state index contributed by atoms with van der Waals surface area (Å²) in [5, 5.41) is 9.09. The third-order valence-electron chi connectivity index (χ3n) is 4.88. The Morgan fingerprint density at radius 2 is 1.65 bits per heavy atom. The molecule has 0 saturated heterocycles. The minimum Gasteiger partial charge on any atom is -0.497 e. The highest BCUT2D eigenvalue weighted by atomic mass is 16.5. The second-order valence-electron chi connectivity index (χ2n) is 7.57. The second-order valence-corrected chi connectivity index (χ2v) is 7.57. The average molecular weight is 505 g/mol. The summed E-state index contributed by atoms with van der Waals surface area (Å²) in [5.74, 6) is -0.576. The standard InChI is InChI=1S/C27H28N4O6/c1-3-36-24-15-20(17-29-31-27(34)26(33)28-16-19-7-5-4-6-8-19)9-14-23(24)37-18-25(32)30-21-10-12-22(35-2)13-11-21/h4-15,17H,3,16,18H2,1-2H3,(H,28,33)(H,30,32)(H,31,34)/b29-17-. The molecule has 0 aliphatic rings. The van der Waals surface area contributed by atoms with Gasteiger partial charge < -0.3 is 24.8 Å². The summed E-state index contributed by atoms with van der Waals surface area (Å²) in [6, 6.07) is 21.1. The first-order valence-electron chi connectivity index (χ1n) is 11.5. The maximum Gasteiger partial charge on any atom is 0.329 e. The molecule has 10 nitrogen and oxygen atoms in total. The van der Waals surface area contributed by atoms with Crippen LogP contribution in [-0.4, -0.2) is 44.3 Å². The van der Waals surface area contributed by atoms with E-state index < -0.39 is 11.8 Å². The molecule has 192 valence electrons. The molecule has 3 aromatic rings. The number of benzene rings is 3. The molecule has 3 rings (SSSR count). The van der Waals surface area contributed by atoms with E-state index in [1.807, 2.05) is 37.3 Å². The van der Waals surface area contributed by atoms with Gasteiger partial charge in [0.25, 0.3) is 5.91 Å². The zero-order valence-corrected chi connectivity index (χ0v) is 20.5. The first kappa shape index (κ1) is 26.7. The van der Waals surface area contributed by atoms with Crippen molar-refractivity contribution in [2.45, 2.75) is 13.5 Å². The van der Waals surface area contributed by atoms with Gasteiger partial charge in [-0.25, -0.2) is 5.43 Å². The van der Waals surface area contributed by atoms with Crippen LogP contribution < -0.4 is 30.3 Å². The highest BCUT2D eigenvalue weighted by Gasteiger charge is 2.12. The molecule has 3 amide bonds. The maximum atomic E-state index is 12.3. The first-order valence-corrected chi connectivity index (χ1v) is 11.5. The van der Waals surface area contributed by atoms with Gasteiger partial charge in [-0.15, -0.1) is 0 Å². The van der Waals surface area contributed by atoms with E-state index in [1.165, 1.54) is 6.21 Å². The van der Waals surface area contributed by atoms with Crippen molar-refractivity contribution in [3.05, 3.63) is 83.9 Å². The summed E-state index contributed by atoms with van der Waals surface area (Å²) in [4.78, 5) is 36.2. The number of ether oxygens (including phenoxy) is 3. The maximum absolute atomic E-state index is 12.3. The number of rotatable bonds is 11. The van der Waals surface area contributed by atoms with Crippen molar-refractivity contribution in [2.24, 2.45) is 5.10 Å². The number of nitrogens with one attached hydrogen (secondary N) is 3. The fourth-order valence-corrected chi connectivity index (χ4v) is 3.08. The van der Waals surface area contributed by atoms with Crippen LogP contribution in [-0.2, 0) is 20.9 Å². The highest BCUT2D eigenvalue weighted by Crippen LogP contribution is 2.28. The molecule has 0 fully saturated rings. The average Bonchev–Trinajstić information content (AvgIpc) is 2.92. The molecule has 0 atom stereocenters. The van der Waals surface area contributed by atoms with Crippen molar-refractivity contribution in [2.75, 3.05) is 25.6 Å². The normalized spacial score (nSPS) is 10.4. The largest absolute Gasteiger partial charge is 0.497 e. The van der Waals surface area contributed by atoms with Crippen molar-refractivity contribution in [1.82, 2.24) is 10.7 Å². The van der Waals surface area contributed by atoms with Crippen molar-refractivity contribution in [3.63, 3.8) is 0 Å². The number of carbonyl (C=O) groups is 3. The van der Waals surface area contributed by atoms with Gasteiger partial charge in [0.05, 0.1) is 19.9 Å². The Morgan fingerprint density at radius 1 is 0.892 bits per heavy atom. The number of anilines is 1. The summed E-state index contributed by atoms with van der Waals surface area (Å²) < 4.78 is 16.3. The van der Waals surface area contributed by atoms with Gasteiger partial charge >= 0.3 is 11.8 Å². The Kier molecular flexibility index (Phi) is 10.0. The SMILES string of the molecule is CCOc1cc(/C=N\NC(=O)C(=O)NCc2ccccc2)ccc1OCC(=O)Nc1ccc(OC)cc1. The molecule has 10 heteroatoms. The molecule has 0 aromatic heterocycles. The zero-order valence-electron chi connectivity index (χ0n) is 20.5. The minimum absolute atomic E-state index is 0.228. The summed E-state index contributed by atoms with van der Waals surface area (Å²) in [7, 11) is 1.57. The van der Waals surface area contributed by atoms with E-state index in [4.69, 9.17) is 14.2 Å². The van der Waals surface area contributed by atoms with Gasteiger partial charge in [-0.3, -0.25) is 14.4 Å². The van der Waals surface area contributed by atoms with Gasteiger partial charge in [-0.05, 0) is 60.5 Å². The number of hydrogen-bond donors (Lipinski definition) is 3. The number of carbonyl (C=O) groups excluding carboxylic acids is 3. The van der Waals surface area contributed by atoms with Crippen molar-refractivity contribution >= 4 is 29.6 Å². The van der Waals surface area contributed by atoms with Gasteiger partial charge in [-0.1, -0.05) is 30.3 Å². The van der Waals surface area contributed by atoms with E-state index in [0.717, 1.165) is 5.56 Å². The molecule has 0 unspecified atom stereocenters. The summed E-state index contributed by atoms with van der Waals surface area (Å²) in [6.45, 7) is 2.18. The number of nitrogens with zero attached hydrogens (tertiary/aromatic N) is 1. The van der Waals surface area contributed by atoms with Crippen LogP contribution in [0.5, 0.6) is 17.2 Å². The number of methoxy groups -OCH3 is 1. The molecule has 0 bridgehead atoms. The molecule has 0 aliphatic carbocycles. The minimum atomic E-state index is -0.889. The third-order valence-corrected chi connectivity index (χ3v) is 4.88. The van der Waals surface area contributed by atoms with Crippen molar-refractivity contribution < 1.29 is 28.6 Å². The lowest BCUT2D eigenvalue weighted by molar-refractivity contribution is -0.139. The number of amides is 3. The van der Waals surface area contributed by atoms with Gasteiger partial charge in [0.15, 0.2) is 18.1 Å². The van der Waals surface area contributed by atoms with Crippen LogP contribution >= 0.6 is 0 Å². The van der Waals surface area contributed by atoms with Gasteiger partial charge in [0.1, 0.15) is 5.75 Å². The van der Waals surface area contributed by atoms with Crippen LogP contribution in [0, 0.1) is 0 Å². The van der Waals surface area contributed by atoms with Crippen LogP contribution in [0.4, 0.5) is 5.69 Å². The lowest BCUT2D eigenvalue weighted by atomic mass is 10.2. The molecular weight excluding hydrogens is 476 g/mol. The topological polar surface area (TPSA) is 127 Å². The van der Waals surface area contributed by atoms with E-state index >= 15 is 0 Å². The fraction of sp³-hybridized carbons (Fsp3) is 0.185. The Hall–Kier alpha value is -4.86. The Balaban J connectivity index is 1.51. The van der Waals surface area contributed by atoms with Gasteiger partial charge in [0.2, 0.25) is 0 Å². The van der Waals surface area contributed by atoms with Gasteiger partial charge in [-0.2, -0.15) is 5.10 Å². The van der Waals surface area contributed by atoms with Crippen LogP contribution in [0.2, 0.25) is 0 Å². The molecule has 0 saturated carbocycles. The third kappa shape index (κ3) is 8.70. The molecule has 0 spiro atoms. The number of hydrogen-bond acceptors (Lipinski definition) is 7. The van der Waals surface area contributed by atoms with E-state index in [9.17, 15) is 14.4 Å². The molecule has 3 N–H and O–H groups in total. The monoisotopic (exact) mass is 504 g/mol. The van der Waals surface area contributed by atoms with E-state index in [-0.39, 0.29) is 19.1 Å². The molecule has 3 aromatic carbocycles. The zero-order chi connectivity index (χ0) is 26.5. The summed E-state index contributed by atoms with van der Waals surface area (Å²) >= 11 is 0. The molecule has 0 aliphatic heterocycles. The Morgan fingerprint density at radius 3 is 2.35 bits per heavy atom. The van der Waals surface area contributed by atoms with E-state index in [2.05, 4.69) is 21.2 Å². The Bertz CT molecular complexity index is 1230. The van der Waals surface area contributed by atoms with Crippen LogP contribution in [0.15, 0.2) is 77.9 Å². The molecule has 0 radical (unpaired) electrons. The molecule has 37 heavy (non-hydrogen) atoms. The second kappa shape index (κ2) is 13.9. The highest BCUT2D eigenvalue weighted by molar-refractivity contribution is 6.35. The number of hydrazone groups is 1. The summed E-state index contributed by atoms with van der Waals surface area (Å²) in [5.41, 5.74) is 4.26. The van der Waals surface area contributed by atoms with E-state index in [1.54, 1.807) is 49.6 Å². The summed E-state index contributed by atoms with van der Waals surface area (Å²) in [6.07, 6.45) is 1.37. The fourth-order valence-electron chi connectivity index (χ4n) is 3.08. The van der Waals surface area contributed by atoms with Crippen LogP contribution in [0.25, 0.3) is 0 Å².